The van der Waals surface area contributed by atoms with Gasteiger partial charge in [-0.25, -0.2) is 4.98 Å². The van der Waals surface area contributed by atoms with Crippen molar-refractivity contribution in [3.8, 4) is 0 Å². The zero-order valence-corrected chi connectivity index (χ0v) is 15.2. The van der Waals surface area contributed by atoms with Gasteiger partial charge in [0.05, 0.1) is 5.56 Å². The molecule has 1 fully saturated rings. The Morgan fingerprint density at radius 1 is 1.35 bits per heavy atom. The maximum absolute atomic E-state index is 13.0. The number of pyridine rings is 1. The molecule has 3 heterocycles. The van der Waals surface area contributed by atoms with Gasteiger partial charge < -0.3 is 16.0 Å². The Labute approximate surface area is 154 Å². The molecule has 3 N–H and O–H groups in total. The molecule has 1 aliphatic heterocycles. The van der Waals surface area contributed by atoms with Crippen LogP contribution in [0, 0.1) is 0 Å². The van der Waals surface area contributed by atoms with E-state index in [1.165, 1.54) is 6.42 Å². The third-order valence-corrected chi connectivity index (χ3v) is 4.84. The van der Waals surface area contributed by atoms with Crippen molar-refractivity contribution < 1.29 is 4.79 Å². The molecule has 7 heteroatoms. The predicted octanol–water partition coefficient (Wildman–Crippen LogP) is 2.12. The summed E-state index contributed by atoms with van der Waals surface area (Å²) in [4.78, 5) is 19.4. The summed E-state index contributed by atoms with van der Waals surface area (Å²) in [5, 5.41) is 7.47. The van der Waals surface area contributed by atoms with Crippen molar-refractivity contribution in [1.29, 1.82) is 0 Å². The monoisotopic (exact) mass is 356 g/mol. The van der Waals surface area contributed by atoms with Gasteiger partial charge in [-0.1, -0.05) is 0 Å². The van der Waals surface area contributed by atoms with Crippen molar-refractivity contribution in [3.63, 3.8) is 0 Å². The van der Waals surface area contributed by atoms with E-state index in [1.807, 2.05) is 34.0 Å². The van der Waals surface area contributed by atoms with Crippen LogP contribution in [0.5, 0.6) is 0 Å². The van der Waals surface area contributed by atoms with Gasteiger partial charge in [0.1, 0.15) is 5.82 Å². The summed E-state index contributed by atoms with van der Waals surface area (Å²) in [5.74, 6) is 0.861. The molecule has 0 spiro atoms. The van der Waals surface area contributed by atoms with Crippen LogP contribution in [0.25, 0.3) is 0 Å². The number of carbonyl (C=O) groups is 1. The van der Waals surface area contributed by atoms with Gasteiger partial charge in [0.25, 0.3) is 5.91 Å². The highest BCUT2D eigenvalue weighted by Crippen LogP contribution is 2.22. The molecule has 0 aliphatic carbocycles. The minimum Gasteiger partial charge on any atom is -0.370 e. The number of rotatable bonds is 8. The second kappa shape index (κ2) is 9.33. The minimum atomic E-state index is 0.0798. The van der Waals surface area contributed by atoms with Crippen LogP contribution in [-0.4, -0.2) is 51.2 Å². The van der Waals surface area contributed by atoms with Crippen LogP contribution in [0.2, 0.25) is 0 Å². The number of anilines is 1. The number of aromatic nitrogens is 3. The standard InChI is InChI=1S/C19H28N6O/c20-9-3-10-21-18-7-6-16(15-22-18)19(26)25-13-2-1-5-17(25)8-14-24-12-4-11-23-24/h4,6-7,11-12,15,17H,1-3,5,8-10,13-14,20H2,(H,21,22)/t17-/m0/s1. The lowest BCUT2D eigenvalue weighted by molar-refractivity contribution is 0.0593. The molecule has 1 saturated heterocycles. The van der Waals surface area contributed by atoms with Gasteiger partial charge in [0.15, 0.2) is 0 Å². The lowest BCUT2D eigenvalue weighted by Crippen LogP contribution is -2.44. The molecule has 26 heavy (non-hydrogen) atoms. The van der Waals surface area contributed by atoms with Crippen molar-refractivity contribution in [2.24, 2.45) is 5.73 Å². The number of aryl methyl sites for hydroxylation is 1. The Bertz CT molecular complexity index is 670. The number of nitrogens with two attached hydrogens (primary N) is 1. The lowest BCUT2D eigenvalue weighted by atomic mass is 9.98. The number of hydrogen-bond acceptors (Lipinski definition) is 5. The molecular weight excluding hydrogens is 328 g/mol. The fourth-order valence-corrected chi connectivity index (χ4v) is 3.39. The second-order valence-electron chi connectivity index (χ2n) is 6.71. The number of piperidine rings is 1. The molecule has 2 aromatic heterocycles. The van der Waals surface area contributed by atoms with Gasteiger partial charge in [0.2, 0.25) is 0 Å². The molecular formula is C19H28N6O. The maximum atomic E-state index is 13.0. The third-order valence-electron chi connectivity index (χ3n) is 4.84. The van der Waals surface area contributed by atoms with Crippen molar-refractivity contribution in [2.45, 2.75) is 44.7 Å². The van der Waals surface area contributed by atoms with Gasteiger partial charge in [-0.2, -0.15) is 5.10 Å². The van der Waals surface area contributed by atoms with E-state index in [1.54, 1.807) is 12.4 Å². The van der Waals surface area contributed by atoms with Crippen molar-refractivity contribution in [3.05, 3.63) is 42.4 Å². The van der Waals surface area contributed by atoms with Gasteiger partial charge in [-0.15, -0.1) is 0 Å². The summed E-state index contributed by atoms with van der Waals surface area (Å²) in [6.07, 6.45) is 10.6. The van der Waals surface area contributed by atoms with Gasteiger partial charge in [-0.05, 0) is 56.8 Å². The highest BCUT2D eigenvalue weighted by atomic mass is 16.2. The molecule has 1 aliphatic rings. The van der Waals surface area contributed by atoms with E-state index >= 15 is 0 Å². The Kier molecular flexibility index (Phi) is 6.60. The SMILES string of the molecule is NCCCNc1ccc(C(=O)N2CCCC[C@H]2CCn2cccn2)cn1. The zero-order chi connectivity index (χ0) is 18.2. The van der Waals surface area contributed by atoms with Crippen LogP contribution in [0.1, 0.15) is 42.5 Å². The molecule has 0 aromatic carbocycles. The number of nitrogens with one attached hydrogen (secondary N) is 1. The number of amides is 1. The van der Waals surface area contributed by atoms with Crippen LogP contribution in [0.15, 0.2) is 36.8 Å². The fraction of sp³-hybridized carbons (Fsp3) is 0.526. The Morgan fingerprint density at radius 3 is 3.00 bits per heavy atom. The van der Waals surface area contributed by atoms with E-state index in [9.17, 15) is 4.79 Å². The van der Waals surface area contributed by atoms with E-state index in [2.05, 4.69) is 15.4 Å². The minimum absolute atomic E-state index is 0.0798. The molecule has 3 rings (SSSR count). The normalized spacial score (nSPS) is 17.3. The van der Waals surface area contributed by atoms with E-state index in [4.69, 9.17) is 5.73 Å². The lowest BCUT2D eigenvalue weighted by Gasteiger charge is -2.36. The van der Waals surface area contributed by atoms with E-state index < -0.39 is 0 Å². The molecule has 0 unspecified atom stereocenters. The van der Waals surface area contributed by atoms with E-state index in [0.29, 0.717) is 12.1 Å². The Morgan fingerprint density at radius 2 is 2.27 bits per heavy atom. The van der Waals surface area contributed by atoms with Crippen LogP contribution in [0.3, 0.4) is 0 Å². The molecule has 0 radical (unpaired) electrons. The van der Waals surface area contributed by atoms with Crippen molar-refractivity contribution in [1.82, 2.24) is 19.7 Å². The predicted molar refractivity (Wildman–Crippen MR) is 102 cm³/mol. The van der Waals surface area contributed by atoms with Crippen LogP contribution in [0.4, 0.5) is 5.82 Å². The maximum Gasteiger partial charge on any atom is 0.255 e. The average Bonchev–Trinajstić information content (AvgIpc) is 3.20. The average molecular weight is 356 g/mol. The Balaban J connectivity index is 1.60. The summed E-state index contributed by atoms with van der Waals surface area (Å²) in [5.41, 5.74) is 6.14. The van der Waals surface area contributed by atoms with E-state index in [0.717, 1.165) is 51.1 Å². The van der Waals surface area contributed by atoms with Gasteiger partial charge >= 0.3 is 0 Å². The van der Waals surface area contributed by atoms with Crippen LogP contribution in [-0.2, 0) is 6.54 Å². The Hall–Kier alpha value is -2.41. The summed E-state index contributed by atoms with van der Waals surface area (Å²) in [6, 6.07) is 5.92. The fourth-order valence-electron chi connectivity index (χ4n) is 3.39. The smallest absolute Gasteiger partial charge is 0.255 e. The number of carbonyl (C=O) groups excluding carboxylic acids is 1. The number of likely N-dealkylation sites (tertiary alicyclic amines) is 1. The number of nitrogens with zero attached hydrogens (tertiary/aromatic N) is 4. The molecule has 7 nitrogen and oxygen atoms in total. The second-order valence-corrected chi connectivity index (χ2v) is 6.71. The van der Waals surface area contributed by atoms with Gasteiger partial charge in [-0.3, -0.25) is 9.48 Å². The molecule has 2 aromatic rings. The molecule has 1 amide bonds. The van der Waals surface area contributed by atoms with Crippen molar-refractivity contribution in [2.75, 3.05) is 25.0 Å². The first-order valence-corrected chi connectivity index (χ1v) is 9.46. The first-order valence-electron chi connectivity index (χ1n) is 9.46. The summed E-state index contributed by atoms with van der Waals surface area (Å²) in [6.45, 7) is 3.10. The molecule has 0 saturated carbocycles. The van der Waals surface area contributed by atoms with E-state index in [-0.39, 0.29) is 11.9 Å². The van der Waals surface area contributed by atoms with Gasteiger partial charge in [0, 0.05) is 44.3 Å². The third kappa shape index (κ3) is 4.82. The zero-order valence-electron chi connectivity index (χ0n) is 15.2. The first kappa shape index (κ1) is 18.4. The van der Waals surface area contributed by atoms with Crippen LogP contribution >= 0.6 is 0 Å². The summed E-state index contributed by atoms with van der Waals surface area (Å²) in [7, 11) is 0. The van der Waals surface area contributed by atoms with Crippen molar-refractivity contribution >= 4 is 11.7 Å². The summed E-state index contributed by atoms with van der Waals surface area (Å²) >= 11 is 0. The molecule has 0 bridgehead atoms. The molecule has 1 atom stereocenters. The quantitative estimate of drug-likeness (QED) is 0.707. The highest BCUT2D eigenvalue weighted by Gasteiger charge is 2.27. The topological polar surface area (TPSA) is 89.1 Å². The summed E-state index contributed by atoms with van der Waals surface area (Å²) < 4.78 is 1.93. The molecule has 140 valence electrons. The first-order chi connectivity index (χ1) is 12.8. The van der Waals surface area contributed by atoms with Crippen LogP contribution < -0.4 is 11.1 Å². The highest BCUT2D eigenvalue weighted by molar-refractivity contribution is 5.94. The number of hydrogen-bond donors (Lipinski definition) is 2. The largest absolute Gasteiger partial charge is 0.370 e.